The number of methoxy groups -OCH3 is 1. The molecule has 1 aromatic carbocycles. The van der Waals surface area contributed by atoms with Gasteiger partial charge in [-0.05, 0) is 6.07 Å². The Morgan fingerprint density at radius 2 is 2.00 bits per heavy atom. The van der Waals surface area contributed by atoms with Crippen molar-refractivity contribution in [2.45, 2.75) is 0 Å². The van der Waals surface area contributed by atoms with Gasteiger partial charge >= 0.3 is 0 Å². The van der Waals surface area contributed by atoms with E-state index in [0.29, 0.717) is 35.3 Å². The van der Waals surface area contributed by atoms with Crippen LogP contribution in [0.1, 0.15) is 0 Å². The van der Waals surface area contributed by atoms with E-state index in [1.807, 2.05) is 6.07 Å². The van der Waals surface area contributed by atoms with Crippen LogP contribution in [0.15, 0.2) is 24.5 Å². The first kappa shape index (κ1) is 17.3. The molecule has 128 valence electrons. The van der Waals surface area contributed by atoms with E-state index >= 15 is 0 Å². The number of fused-ring (bicyclic) bond motifs is 1. The van der Waals surface area contributed by atoms with Crippen molar-refractivity contribution in [2.24, 2.45) is 0 Å². The molecule has 0 aliphatic carbocycles. The van der Waals surface area contributed by atoms with Crippen molar-refractivity contribution in [3.05, 3.63) is 24.5 Å². The summed E-state index contributed by atoms with van der Waals surface area (Å²) in [6.45, 7) is 0.413. The number of anilines is 1. The average molecular weight is 335 g/mol. The van der Waals surface area contributed by atoms with Gasteiger partial charge in [0.2, 0.25) is 6.79 Å². The van der Waals surface area contributed by atoms with Gasteiger partial charge in [-0.2, -0.15) is 0 Å². The van der Waals surface area contributed by atoms with Gasteiger partial charge in [-0.3, -0.25) is 4.79 Å². The molecule has 0 saturated heterocycles. The molecule has 24 heavy (non-hydrogen) atoms. The fraction of sp³-hybridized carbons (Fsp3) is 0.267. The van der Waals surface area contributed by atoms with Crippen LogP contribution < -0.4 is 19.5 Å². The van der Waals surface area contributed by atoms with Gasteiger partial charge in [0.25, 0.3) is 6.47 Å². The van der Waals surface area contributed by atoms with Crippen LogP contribution >= 0.6 is 0 Å². The lowest BCUT2D eigenvalue weighted by molar-refractivity contribution is -0.122. The van der Waals surface area contributed by atoms with E-state index in [1.165, 1.54) is 6.33 Å². The molecule has 9 heteroatoms. The van der Waals surface area contributed by atoms with Gasteiger partial charge in [0.15, 0.2) is 11.5 Å². The molecule has 2 aromatic rings. The number of carboxylic acid groups (broad SMARTS) is 1. The molecule has 1 aliphatic heterocycles. The zero-order valence-corrected chi connectivity index (χ0v) is 12.9. The Balaban J connectivity index is 0.000000647. The fourth-order valence-corrected chi connectivity index (χ4v) is 2.08. The molecule has 0 atom stereocenters. The van der Waals surface area contributed by atoms with E-state index in [-0.39, 0.29) is 19.9 Å². The summed E-state index contributed by atoms with van der Waals surface area (Å²) in [7, 11) is 1.59. The maximum Gasteiger partial charge on any atom is 0.290 e. The Labute approximate surface area is 137 Å². The number of aromatic nitrogens is 2. The molecule has 2 heterocycles. The third kappa shape index (κ3) is 4.02. The van der Waals surface area contributed by atoms with Gasteiger partial charge in [-0.1, -0.05) is 0 Å². The minimum atomic E-state index is -0.250. The zero-order valence-electron chi connectivity index (χ0n) is 12.9. The largest absolute Gasteiger partial charge is 0.496 e. The zero-order chi connectivity index (χ0) is 17.4. The summed E-state index contributed by atoms with van der Waals surface area (Å²) >= 11 is 0. The molecule has 0 amide bonds. The van der Waals surface area contributed by atoms with Gasteiger partial charge in [0.1, 0.15) is 17.9 Å². The highest BCUT2D eigenvalue weighted by molar-refractivity contribution is 5.73. The Morgan fingerprint density at radius 3 is 2.67 bits per heavy atom. The highest BCUT2D eigenvalue weighted by atomic mass is 16.7. The highest BCUT2D eigenvalue weighted by Crippen LogP contribution is 2.42. The van der Waals surface area contributed by atoms with Gasteiger partial charge in [-0.15, -0.1) is 0 Å². The highest BCUT2D eigenvalue weighted by Gasteiger charge is 2.19. The van der Waals surface area contributed by atoms with Crippen LogP contribution in [0, 0.1) is 0 Å². The van der Waals surface area contributed by atoms with Gasteiger partial charge in [0.05, 0.1) is 19.4 Å². The van der Waals surface area contributed by atoms with Crippen molar-refractivity contribution >= 4 is 12.3 Å². The minimum absolute atomic E-state index is 0.0344. The lowest BCUT2D eigenvalue weighted by atomic mass is 10.1. The molecule has 0 saturated carbocycles. The molecule has 1 aliphatic rings. The molecule has 9 nitrogen and oxygen atoms in total. The van der Waals surface area contributed by atoms with E-state index in [1.54, 1.807) is 19.2 Å². The molecule has 3 rings (SSSR count). The summed E-state index contributed by atoms with van der Waals surface area (Å²) in [6, 6.07) is 5.40. The predicted molar refractivity (Wildman–Crippen MR) is 84.4 cm³/mol. The van der Waals surface area contributed by atoms with Crippen LogP contribution in [0.3, 0.4) is 0 Å². The van der Waals surface area contributed by atoms with Crippen molar-refractivity contribution in [1.82, 2.24) is 9.97 Å². The first-order chi connectivity index (χ1) is 11.7. The topological polar surface area (TPSA) is 123 Å². The first-order valence-corrected chi connectivity index (χ1v) is 6.96. The number of benzene rings is 1. The van der Waals surface area contributed by atoms with E-state index in [4.69, 9.17) is 29.2 Å². The summed E-state index contributed by atoms with van der Waals surface area (Å²) < 4.78 is 16.1. The van der Waals surface area contributed by atoms with E-state index in [2.05, 4.69) is 15.3 Å². The second-order valence-corrected chi connectivity index (χ2v) is 4.45. The SMILES string of the molecule is COc1cc2c(cc1-c1cc(NCCO)ncn1)OCO2.O=CO. The van der Waals surface area contributed by atoms with E-state index < -0.39 is 0 Å². The smallest absolute Gasteiger partial charge is 0.290 e. The first-order valence-electron chi connectivity index (χ1n) is 6.96. The van der Waals surface area contributed by atoms with Gasteiger partial charge in [0, 0.05) is 24.2 Å². The molecular weight excluding hydrogens is 318 g/mol. The summed E-state index contributed by atoms with van der Waals surface area (Å²) in [4.78, 5) is 16.7. The van der Waals surface area contributed by atoms with Crippen LogP contribution in [0.4, 0.5) is 5.82 Å². The summed E-state index contributed by atoms with van der Waals surface area (Å²) in [6.07, 6.45) is 1.46. The number of hydrogen-bond acceptors (Lipinski definition) is 8. The number of hydrogen-bond donors (Lipinski definition) is 3. The monoisotopic (exact) mass is 335 g/mol. The van der Waals surface area contributed by atoms with Crippen molar-refractivity contribution in [2.75, 3.05) is 32.4 Å². The van der Waals surface area contributed by atoms with Crippen LogP contribution in [-0.2, 0) is 4.79 Å². The van der Waals surface area contributed by atoms with Crippen molar-refractivity contribution in [1.29, 1.82) is 0 Å². The molecule has 3 N–H and O–H groups in total. The number of nitrogens with zero attached hydrogens (tertiary/aromatic N) is 2. The third-order valence-corrected chi connectivity index (χ3v) is 3.06. The number of ether oxygens (including phenoxy) is 3. The van der Waals surface area contributed by atoms with E-state index in [0.717, 1.165) is 5.56 Å². The summed E-state index contributed by atoms with van der Waals surface area (Å²) in [5, 5.41) is 18.7. The van der Waals surface area contributed by atoms with Gasteiger partial charge in [-0.25, -0.2) is 9.97 Å². The molecule has 0 spiro atoms. The quantitative estimate of drug-likeness (QED) is 0.686. The Morgan fingerprint density at radius 1 is 1.29 bits per heavy atom. The lowest BCUT2D eigenvalue weighted by Crippen LogP contribution is -2.07. The second-order valence-electron chi connectivity index (χ2n) is 4.45. The number of aliphatic hydroxyl groups is 1. The third-order valence-electron chi connectivity index (χ3n) is 3.06. The second kappa shape index (κ2) is 8.53. The number of nitrogens with one attached hydrogen (secondary N) is 1. The van der Waals surface area contributed by atoms with Crippen molar-refractivity contribution < 1.29 is 29.2 Å². The molecule has 0 fully saturated rings. The van der Waals surface area contributed by atoms with Gasteiger partial charge < -0.3 is 29.7 Å². The molecule has 0 radical (unpaired) electrons. The molecule has 0 unspecified atom stereocenters. The van der Waals surface area contributed by atoms with Crippen molar-refractivity contribution in [3.8, 4) is 28.5 Å². The standard InChI is InChI=1S/C14H15N3O4.CH2O2/c1-19-11-6-13-12(20-8-21-13)4-9(11)10-5-14(15-2-3-18)17-7-16-10;2-1-3/h4-7,18H,2-3,8H2,1H3,(H,15,16,17);1H,(H,2,3). The molecule has 0 bridgehead atoms. The van der Waals surface area contributed by atoms with Crippen LogP contribution in [0.5, 0.6) is 17.2 Å². The lowest BCUT2D eigenvalue weighted by Gasteiger charge is -2.10. The van der Waals surface area contributed by atoms with Crippen LogP contribution in [0.25, 0.3) is 11.3 Å². The van der Waals surface area contributed by atoms with E-state index in [9.17, 15) is 0 Å². The molecule has 1 aromatic heterocycles. The Hall–Kier alpha value is -3.07. The Bertz CT molecular complexity index is 695. The molecular formula is C15H17N3O6. The van der Waals surface area contributed by atoms with Crippen LogP contribution in [-0.4, -0.2) is 53.7 Å². The average Bonchev–Trinajstić information content (AvgIpc) is 3.07. The predicted octanol–water partition coefficient (Wildman–Crippen LogP) is 0.986. The minimum Gasteiger partial charge on any atom is -0.496 e. The summed E-state index contributed by atoms with van der Waals surface area (Å²) in [5.74, 6) is 2.59. The maximum atomic E-state index is 8.85. The summed E-state index contributed by atoms with van der Waals surface area (Å²) in [5.41, 5.74) is 1.48. The fourth-order valence-electron chi connectivity index (χ4n) is 2.08. The number of rotatable bonds is 5. The number of carbonyl (C=O) groups is 1. The van der Waals surface area contributed by atoms with Crippen molar-refractivity contribution in [3.63, 3.8) is 0 Å². The number of aliphatic hydroxyl groups excluding tert-OH is 1. The van der Waals surface area contributed by atoms with Crippen LogP contribution in [0.2, 0.25) is 0 Å². The maximum absolute atomic E-state index is 8.85. The normalized spacial score (nSPS) is 11.2. The Kier molecular flexibility index (Phi) is 6.15.